The monoisotopic (exact) mass is 430 g/mol. The zero-order valence-electron chi connectivity index (χ0n) is 18.6. The van der Waals surface area contributed by atoms with Crippen molar-refractivity contribution < 1.29 is 19.1 Å². The molecule has 0 radical (unpaired) electrons. The molecule has 0 unspecified atom stereocenters. The van der Waals surface area contributed by atoms with Crippen molar-refractivity contribution in [2.45, 2.75) is 33.1 Å². The van der Waals surface area contributed by atoms with E-state index in [9.17, 15) is 9.90 Å². The highest BCUT2D eigenvalue weighted by molar-refractivity contribution is 5.93. The van der Waals surface area contributed by atoms with E-state index in [0.29, 0.717) is 28.1 Å². The molecule has 2 N–H and O–H groups in total. The summed E-state index contributed by atoms with van der Waals surface area (Å²) in [6.45, 7) is 8.27. The molecule has 0 fully saturated rings. The summed E-state index contributed by atoms with van der Waals surface area (Å²) in [6.07, 6.45) is 0. The number of anilines is 1. The predicted molar refractivity (Wildman–Crippen MR) is 125 cm³/mol. The van der Waals surface area contributed by atoms with Gasteiger partial charge in [-0.1, -0.05) is 39.0 Å². The minimum atomic E-state index is -0.310. The number of hydrogen-bond donors (Lipinski definition) is 2. The van der Waals surface area contributed by atoms with Crippen molar-refractivity contribution in [2.75, 3.05) is 11.9 Å². The van der Waals surface area contributed by atoms with Gasteiger partial charge < -0.3 is 19.6 Å². The zero-order chi connectivity index (χ0) is 22.9. The number of aryl methyl sites for hydroxylation is 1. The van der Waals surface area contributed by atoms with Crippen LogP contribution in [0.15, 0.2) is 65.1 Å². The summed E-state index contributed by atoms with van der Waals surface area (Å²) < 4.78 is 11.4. The highest BCUT2D eigenvalue weighted by Crippen LogP contribution is 2.33. The Hall–Kier alpha value is -3.80. The second kappa shape index (κ2) is 8.38. The van der Waals surface area contributed by atoms with Crippen molar-refractivity contribution in [1.82, 2.24) is 4.98 Å². The number of fused-ring (bicyclic) bond motifs is 1. The fraction of sp³-hybridized carbons (Fsp3) is 0.231. The third kappa shape index (κ3) is 4.75. The Labute approximate surface area is 186 Å². The molecule has 4 aromatic rings. The van der Waals surface area contributed by atoms with Crippen LogP contribution in [-0.2, 0) is 10.2 Å². The van der Waals surface area contributed by atoms with Crippen LogP contribution in [0.4, 0.5) is 5.69 Å². The van der Waals surface area contributed by atoms with Crippen molar-refractivity contribution in [3.8, 4) is 23.0 Å². The lowest BCUT2D eigenvalue weighted by molar-refractivity contribution is -0.118. The molecule has 4 rings (SSSR count). The predicted octanol–water partition coefficient (Wildman–Crippen LogP) is 5.82. The van der Waals surface area contributed by atoms with Gasteiger partial charge in [0, 0.05) is 5.69 Å². The Morgan fingerprint density at radius 3 is 2.53 bits per heavy atom. The average molecular weight is 431 g/mol. The van der Waals surface area contributed by atoms with Gasteiger partial charge in [-0.15, -0.1) is 0 Å². The number of aromatic nitrogens is 1. The van der Waals surface area contributed by atoms with Crippen LogP contribution in [-0.4, -0.2) is 22.6 Å². The van der Waals surface area contributed by atoms with Crippen LogP contribution in [0.1, 0.15) is 31.9 Å². The first kappa shape index (κ1) is 21.4. The molecule has 32 heavy (non-hydrogen) atoms. The van der Waals surface area contributed by atoms with Gasteiger partial charge in [0.25, 0.3) is 5.91 Å². The largest absolute Gasteiger partial charge is 0.507 e. The Morgan fingerprint density at radius 1 is 1.06 bits per heavy atom. The number of carbonyl (C=O) groups is 1. The number of amides is 1. The van der Waals surface area contributed by atoms with Crippen molar-refractivity contribution in [3.63, 3.8) is 0 Å². The third-order valence-electron chi connectivity index (χ3n) is 5.14. The average Bonchev–Trinajstić information content (AvgIpc) is 3.16. The van der Waals surface area contributed by atoms with Crippen molar-refractivity contribution in [1.29, 1.82) is 0 Å². The Morgan fingerprint density at radius 2 is 1.81 bits per heavy atom. The maximum atomic E-state index is 12.4. The molecule has 0 aliphatic carbocycles. The smallest absolute Gasteiger partial charge is 0.262 e. The van der Waals surface area contributed by atoms with Crippen LogP contribution < -0.4 is 10.1 Å². The fourth-order valence-electron chi connectivity index (χ4n) is 3.33. The number of phenolic OH excluding ortho intramolecular Hbond substituents is 1. The standard InChI is InChI=1S/C26H26N2O4/c1-16-5-12-23-21(13-16)28-25(32-23)20-14-18(8-11-22(20)29)27-24(30)15-31-19-9-6-17(7-10-19)26(2,3)4/h5-14,29H,15H2,1-4H3,(H,27,30). The number of nitrogens with one attached hydrogen (secondary N) is 1. The number of rotatable bonds is 5. The highest BCUT2D eigenvalue weighted by Gasteiger charge is 2.15. The van der Waals surface area contributed by atoms with E-state index in [1.807, 2.05) is 49.4 Å². The van der Waals surface area contributed by atoms with Gasteiger partial charge in [-0.2, -0.15) is 0 Å². The number of aromatic hydroxyl groups is 1. The van der Waals surface area contributed by atoms with Crippen molar-refractivity contribution >= 4 is 22.7 Å². The number of benzene rings is 3. The van der Waals surface area contributed by atoms with Gasteiger partial charge in [0.15, 0.2) is 12.2 Å². The quantitative estimate of drug-likeness (QED) is 0.390. The number of nitrogens with zero attached hydrogens (tertiary/aromatic N) is 1. The molecule has 3 aromatic carbocycles. The first-order chi connectivity index (χ1) is 15.2. The molecule has 6 nitrogen and oxygen atoms in total. The molecule has 0 bridgehead atoms. The van der Waals surface area contributed by atoms with Crippen molar-refractivity contribution in [2.24, 2.45) is 0 Å². The third-order valence-corrected chi connectivity index (χ3v) is 5.14. The summed E-state index contributed by atoms with van der Waals surface area (Å²) in [5, 5.41) is 13.1. The lowest BCUT2D eigenvalue weighted by Gasteiger charge is -2.19. The Balaban J connectivity index is 1.44. The van der Waals surface area contributed by atoms with Crippen LogP contribution in [0.25, 0.3) is 22.6 Å². The molecule has 0 aliphatic rings. The van der Waals surface area contributed by atoms with Gasteiger partial charge in [0.1, 0.15) is 17.0 Å². The van der Waals surface area contributed by atoms with Gasteiger partial charge in [0.05, 0.1) is 5.56 Å². The second-order valence-corrected chi connectivity index (χ2v) is 8.83. The maximum Gasteiger partial charge on any atom is 0.262 e. The fourth-order valence-corrected chi connectivity index (χ4v) is 3.33. The van der Waals surface area contributed by atoms with E-state index in [-0.39, 0.29) is 29.6 Å². The molecular formula is C26H26N2O4. The minimum Gasteiger partial charge on any atom is -0.507 e. The van der Waals surface area contributed by atoms with E-state index in [1.165, 1.54) is 11.6 Å². The minimum absolute atomic E-state index is 0.0152. The SMILES string of the molecule is Cc1ccc2oc(-c3cc(NC(=O)COc4ccc(C(C)(C)C)cc4)ccc3O)nc2c1. The van der Waals surface area contributed by atoms with Gasteiger partial charge >= 0.3 is 0 Å². The highest BCUT2D eigenvalue weighted by atomic mass is 16.5. The van der Waals surface area contributed by atoms with E-state index < -0.39 is 0 Å². The van der Waals surface area contributed by atoms with Crippen LogP contribution in [0, 0.1) is 6.92 Å². The molecule has 1 heterocycles. The molecule has 1 aromatic heterocycles. The van der Waals surface area contributed by atoms with Gasteiger partial charge in [-0.05, 0) is 65.9 Å². The van der Waals surface area contributed by atoms with E-state index in [0.717, 1.165) is 5.56 Å². The summed E-state index contributed by atoms with van der Waals surface area (Å²) in [4.78, 5) is 16.8. The molecular weight excluding hydrogens is 404 g/mol. The summed E-state index contributed by atoms with van der Waals surface area (Å²) in [7, 11) is 0. The molecule has 6 heteroatoms. The van der Waals surface area contributed by atoms with Crippen LogP contribution >= 0.6 is 0 Å². The van der Waals surface area contributed by atoms with Crippen LogP contribution in [0.3, 0.4) is 0 Å². The molecule has 0 saturated carbocycles. The summed E-state index contributed by atoms with van der Waals surface area (Å²) >= 11 is 0. The Bertz CT molecular complexity index is 1270. The molecule has 0 saturated heterocycles. The van der Waals surface area contributed by atoms with E-state index in [2.05, 4.69) is 31.1 Å². The maximum absolute atomic E-state index is 12.4. The lowest BCUT2D eigenvalue weighted by atomic mass is 9.87. The lowest BCUT2D eigenvalue weighted by Crippen LogP contribution is -2.20. The molecule has 1 amide bonds. The number of ether oxygens (including phenoxy) is 1. The second-order valence-electron chi connectivity index (χ2n) is 8.83. The van der Waals surface area contributed by atoms with E-state index in [4.69, 9.17) is 9.15 Å². The number of carbonyl (C=O) groups excluding carboxylic acids is 1. The molecule has 0 atom stereocenters. The Kier molecular flexibility index (Phi) is 5.61. The van der Waals surface area contributed by atoms with Crippen molar-refractivity contribution in [3.05, 3.63) is 71.8 Å². The van der Waals surface area contributed by atoms with Crippen LogP contribution in [0.5, 0.6) is 11.5 Å². The first-order valence-corrected chi connectivity index (χ1v) is 10.4. The van der Waals surface area contributed by atoms with Gasteiger partial charge in [0.2, 0.25) is 5.89 Å². The zero-order valence-corrected chi connectivity index (χ0v) is 18.6. The summed E-state index contributed by atoms with van der Waals surface area (Å²) in [5.41, 5.74) is 4.56. The van der Waals surface area contributed by atoms with Gasteiger partial charge in [-0.3, -0.25) is 4.79 Å². The van der Waals surface area contributed by atoms with E-state index >= 15 is 0 Å². The molecule has 164 valence electrons. The first-order valence-electron chi connectivity index (χ1n) is 10.4. The number of phenols is 1. The summed E-state index contributed by atoms with van der Waals surface area (Å²) in [5.74, 6) is 0.617. The molecule has 0 aliphatic heterocycles. The topological polar surface area (TPSA) is 84.6 Å². The van der Waals surface area contributed by atoms with Gasteiger partial charge in [-0.25, -0.2) is 4.98 Å². The number of oxazole rings is 1. The summed E-state index contributed by atoms with van der Waals surface area (Å²) in [6, 6.07) is 18.2. The normalized spacial score (nSPS) is 11.5. The van der Waals surface area contributed by atoms with E-state index in [1.54, 1.807) is 12.1 Å². The molecule has 0 spiro atoms. The van der Waals surface area contributed by atoms with Crippen LogP contribution in [0.2, 0.25) is 0 Å². The number of hydrogen-bond acceptors (Lipinski definition) is 5.